The highest BCUT2D eigenvalue weighted by Crippen LogP contribution is 2.44. The summed E-state index contributed by atoms with van der Waals surface area (Å²) in [5.74, 6) is 0.332. The monoisotopic (exact) mass is 457 g/mol. The molecule has 0 saturated carbocycles. The summed E-state index contributed by atoms with van der Waals surface area (Å²) in [6.07, 6.45) is 0. The number of aliphatic carboxylic acids is 1. The van der Waals surface area contributed by atoms with Gasteiger partial charge in [-0.3, -0.25) is 9.69 Å². The highest BCUT2D eigenvalue weighted by molar-refractivity contribution is 5.73. The van der Waals surface area contributed by atoms with Gasteiger partial charge in [0.1, 0.15) is 5.75 Å². The van der Waals surface area contributed by atoms with Crippen molar-refractivity contribution in [1.29, 1.82) is 0 Å². The van der Waals surface area contributed by atoms with Crippen LogP contribution in [0.5, 0.6) is 17.2 Å². The molecule has 2 heterocycles. The van der Waals surface area contributed by atoms with Crippen molar-refractivity contribution in [3.63, 3.8) is 0 Å². The molecule has 4 rings (SSSR count). The highest BCUT2D eigenvalue weighted by atomic mass is 16.7. The Kier molecular flexibility index (Phi) is 7.69. The third-order valence-corrected chi connectivity index (χ3v) is 6.41. The van der Waals surface area contributed by atoms with E-state index in [1.165, 1.54) is 0 Å². The Morgan fingerprint density at radius 3 is 2.36 bits per heavy atom. The van der Waals surface area contributed by atoms with Gasteiger partial charge in [0.15, 0.2) is 11.5 Å². The molecule has 0 amide bonds. The van der Waals surface area contributed by atoms with Crippen molar-refractivity contribution in [2.75, 3.05) is 60.5 Å². The number of fused-ring (bicyclic) bond motifs is 1. The van der Waals surface area contributed by atoms with Gasteiger partial charge < -0.3 is 28.8 Å². The molecule has 1 fully saturated rings. The zero-order valence-electron chi connectivity index (χ0n) is 19.1. The van der Waals surface area contributed by atoms with Gasteiger partial charge in [0.25, 0.3) is 0 Å². The SMILES string of the molecule is COCCOCCN1C[C@H](c2ccc(OC)cc2)[C@@H](C(=O)O)[C@@H](c2ccc3c(c2)OCO3)C1. The Morgan fingerprint density at radius 2 is 1.67 bits per heavy atom. The van der Waals surface area contributed by atoms with Crippen LogP contribution < -0.4 is 14.2 Å². The first-order chi connectivity index (χ1) is 16.1. The van der Waals surface area contributed by atoms with Crippen molar-refractivity contribution in [3.05, 3.63) is 53.6 Å². The molecule has 3 atom stereocenters. The zero-order valence-corrected chi connectivity index (χ0v) is 19.1. The molecular weight excluding hydrogens is 426 g/mol. The average Bonchev–Trinajstić information content (AvgIpc) is 3.31. The van der Waals surface area contributed by atoms with Gasteiger partial charge in [0.2, 0.25) is 6.79 Å². The summed E-state index contributed by atoms with van der Waals surface area (Å²) in [6, 6.07) is 13.5. The van der Waals surface area contributed by atoms with Crippen LogP contribution in [0.3, 0.4) is 0 Å². The summed E-state index contributed by atoms with van der Waals surface area (Å²) in [6.45, 7) is 3.80. The highest BCUT2D eigenvalue weighted by Gasteiger charge is 2.43. The fourth-order valence-electron chi connectivity index (χ4n) is 4.72. The molecule has 8 heteroatoms. The van der Waals surface area contributed by atoms with E-state index in [0.29, 0.717) is 51.0 Å². The lowest BCUT2D eigenvalue weighted by atomic mass is 9.71. The van der Waals surface area contributed by atoms with Crippen LogP contribution in [-0.4, -0.2) is 76.4 Å². The Morgan fingerprint density at radius 1 is 0.970 bits per heavy atom. The molecule has 0 aliphatic carbocycles. The van der Waals surface area contributed by atoms with Crippen molar-refractivity contribution < 1.29 is 33.6 Å². The lowest BCUT2D eigenvalue weighted by Gasteiger charge is -2.42. The fourth-order valence-corrected chi connectivity index (χ4v) is 4.72. The molecule has 2 aliphatic heterocycles. The summed E-state index contributed by atoms with van der Waals surface area (Å²) in [5, 5.41) is 10.3. The summed E-state index contributed by atoms with van der Waals surface area (Å²) in [7, 11) is 3.27. The quantitative estimate of drug-likeness (QED) is 0.545. The number of methoxy groups -OCH3 is 2. The number of carboxylic acid groups (broad SMARTS) is 1. The molecule has 2 aromatic carbocycles. The summed E-state index contributed by atoms with van der Waals surface area (Å²) in [4.78, 5) is 14.9. The van der Waals surface area contributed by atoms with E-state index in [1.54, 1.807) is 14.2 Å². The molecule has 0 bridgehead atoms. The van der Waals surface area contributed by atoms with E-state index >= 15 is 0 Å². The predicted molar refractivity (Wildman–Crippen MR) is 121 cm³/mol. The van der Waals surface area contributed by atoms with Gasteiger partial charge in [-0.05, 0) is 35.4 Å². The summed E-state index contributed by atoms with van der Waals surface area (Å²) >= 11 is 0. The molecule has 0 spiro atoms. The predicted octanol–water partition coefficient (Wildman–Crippen LogP) is 2.97. The number of carboxylic acids is 1. The van der Waals surface area contributed by atoms with Crippen LogP contribution >= 0.6 is 0 Å². The van der Waals surface area contributed by atoms with E-state index in [-0.39, 0.29) is 18.6 Å². The number of likely N-dealkylation sites (tertiary alicyclic amines) is 1. The van der Waals surface area contributed by atoms with Gasteiger partial charge >= 0.3 is 5.97 Å². The smallest absolute Gasteiger partial charge is 0.307 e. The molecule has 33 heavy (non-hydrogen) atoms. The van der Waals surface area contributed by atoms with Crippen LogP contribution in [-0.2, 0) is 14.3 Å². The second-order valence-corrected chi connectivity index (χ2v) is 8.33. The lowest BCUT2D eigenvalue weighted by molar-refractivity contribution is -0.145. The van der Waals surface area contributed by atoms with Crippen LogP contribution in [0.15, 0.2) is 42.5 Å². The molecule has 1 saturated heterocycles. The topological polar surface area (TPSA) is 86.7 Å². The van der Waals surface area contributed by atoms with Crippen LogP contribution in [0.25, 0.3) is 0 Å². The van der Waals surface area contributed by atoms with E-state index in [2.05, 4.69) is 4.90 Å². The molecule has 0 aromatic heterocycles. The average molecular weight is 458 g/mol. The number of piperidine rings is 1. The maximum Gasteiger partial charge on any atom is 0.307 e. The second-order valence-electron chi connectivity index (χ2n) is 8.33. The van der Waals surface area contributed by atoms with E-state index in [4.69, 9.17) is 23.7 Å². The van der Waals surface area contributed by atoms with Gasteiger partial charge in [-0.15, -0.1) is 0 Å². The first-order valence-electron chi connectivity index (χ1n) is 11.2. The fraction of sp³-hybridized carbons (Fsp3) is 0.480. The molecule has 2 aromatic rings. The van der Waals surface area contributed by atoms with Crippen molar-refractivity contribution in [2.24, 2.45) is 5.92 Å². The molecular formula is C25H31NO7. The lowest BCUT2D eigenvalue weighted by Crippen LogP contribution is -2.47. The van der Waals surface area contributed by atoms with Crippen molar-refractivity contribution in [3.8, 4) is 17.2 Å². The first kappa shape index (κ1) is 23.4. The van der Waals surface area contributed by atoms with Crippen molar-refractivity contribution in [1.82, 2.24) is 4.90 Å². The minimum Gasteiger partial charge on any atom is -0.497 e. The number of hydrogen-bond donors (Lipinski definition) is 1. The summed E-state index contributed by atoms with van der Waals surface area (Å²) in [5.41, 5.74) is 1.93. The zero-order chi connectivity index (χ0) is 23.2. The van der Waals surface area contributed by atoms with E-state index in [0.717, 1.165) is 16.9 Å². The van der Waals surface area contributed by atoms with E-state index in [9.17, 15) is 9.90 Å². The molecule has 8 nitrogen and oxygen atoms in total. The minimum atomic E-state index is -0.797. The Hall–Kier alpha value is -2.81. The van der Waals surface area contributed by atoms with Crippen molar-refractivity contribution >= 4 is 5.97 Å². The first-order valence-corrected chi connectivity index (χ1v) is 11.2. The largest absolute Gasteiger partial charge is 0.497 e. The van der Waals surface area contributed by atoms with Crippen LogP contribution in [0.4, 0.5) is 0 Å². The maximum atomic E-state index is 12.6. The number of hydrogen-bond acceptors (Lipinski definition) is 7. The molecule has 178 valence electrons. The van der Waals surface area contributed by atoms with Gasteiger partial charge in [0, 0.05) is 38.6 Å². The Bertz CT molecular complexity index is 933. The third kappa shape index (κ3) is 5.40. The number of ether oxygens (including phenoxy) is 5. The maximum absolute atomic E-state index is 12.6. The van der Waals surface area contributed by atoms with Gasteiger partial charge in [-0.1, -0.05) is 18.2 Å². The Labute approximate surface area is 194 Å². The minimum absolute atomic E-state index is 0.184. The third-order valence-electron chi connectivity index (χ3n) is 6.41. The summed E-state index contributed by atoms with van der Waals surface area (Å²) < 4.78 is 27.0. The number of carbonyl (C=O) groups is 1. The molecule has 0 unspecified atom stereocenters. The van der Waals surface area contributed by atoms with Crippen molar-refractivity contribution in [2.45, 2.75) is 11.8 Å². The van der Waals surface area contributed by atoms with Gasteiger partial charge in [-0.25, -0.2) is 0 Å². The Balaban J connectivity index is 1.62. The van der Waals surface area contributed by atoms with Gasteiger partial charge in [-0.2, -0.15) is 0 Å². The van der Waals surface area contributed by atoms with Crippen LogP contribution in [0, 0.1) is 5.92 Å². The number of benzene rings is 2. The standard InChI is InChI=1S/C25H31NO7/c1-29-11-12-31-10-9-26-14-20(17-3-6-19(30-2)7-4-17)24(25(27)28)21(15-26)18-5-8-22-23(13-18)33-16-32-22/h3-8,13,20-21,24H,9-12,14-16H2,1-2H3,(H,27,28)/t20-,21-,24-/m1/s1. The molecule has 1 N–H and O–H groups in total. The van der Waals surface area contributed by atoms with E-state index in [1.807, 2.05) is 42.5 Å². The number of rotatable bonds is 10. The molecule has 0 radical (unpaired) electrons. The number of nitrogens with zero attached hydrogens (tertiary/aromatic N) is 1. The normalized spacial score (nSPS) is 22.3. The second kappa shape index (κ2) is 10.9. The van der Waals surface area contributed by atoms with E-state index < -0.39 is 11.9 Å². The van der Waals surface area contributed by atoms with Crippen LogP contribution in [0.1, 0.15) is 23.0 Å². The van der Waals surface area contributed by atoms with Gasteiger partial charge in [0.05, 0.1) is 32.8 Å². The van der Waals surface area contributed by atoms with Crippen LogP contribution in [0.2, 0.25) is 0 Å². The molecule has 2 aliphatic rings.